The maximum Gasteiger partial charge on any atom is 0.469 e. The standard InChI is InChI=1S/C17H27N5O15P4/c1-10-2-4-12(5-3-10)22-15(25)11(6-18-13(23)8-20-16(38(26,27)28)39(29,30)31)7-19-14(24)9-21-17(40(32,33)34)41(35,36)37/h2-5,11,26-28,32-34H,6-9H2,1H3,(H5-2,18,19,22,23,24,25,29,30,31,35,36,37)/p+2. The summed E-state index contributed by atoms with van der Waals surface area (Å²) >= 11 is 0. The van der Waals surface area contributed by atoms with Crippen LogP contribution in [0.3, 0.4) is 0 Å². The zero-order chi connectivity index (χ0) is 31.8. The Morgan fingerprint density at radius 3 is 1.44 bits per heavy atom. The molecule has 20 nitrogen and oxygen atoms in total. The lowest BCUT2D eigenvalue weighted by Gasteiger charge is -2.18. The van der Waals surface area contributed by atoms with Gasteiger partial charge in [-0.2, -0.15) is 29.4 Å². The Kier molecular flexibility index (Phi) is 13.4. The summed E-state index contributed by atoms with van der Waals surface area (Å²) in [6, 6.07) is 6.42. The predicted octanol–water partition coefficient (Wildman–Crippen LogP) is -2.67. The molecule has 0 aromatic heterocycles. The Bertz CT molecular complexity index is 1200. The van der Waals surface area contributed by atoms with E-state index in [0.29, 0.717) is 5.69 Å². The number of hydrogen-bond acceptors (Lipinski definition) is 13. The average molecular weight is 667 g/mol. The molecule has 0 bridgehead atoms. The smallest absolute Gasteiger partial charge is 0.354 e. The molecule has 0 saturated heterocycles. The summed E-state index contributed by atoms with van der Waals surface area (Å²) in [4.78, 5) is 134. The molecule has 0 spiro atoms. The summed E-state index contributed by atoms with van der Waals surface area (Å²) in [6.07, 6.45) is 0. The van der Waals surface area contributed by atoms with Crippen LogP contribution in [-0.2, 0) is 23.5 Å². The van der Waals surface area contributed by atoms with E-state index in [1.54, 1.807) is 31.2 Å². The molecule has 0 atom stereocenters. The molecule has 24 heteroatoms. The lowest BCUT2D eigenvalue weighted by atomic mass is 10.1. The minimum atomic E-state index is -5.45. The third kappa shape index (κ3) is 13.6. The molecule has 41 heavy (non-hydrogen) atoms. The molecule has 0 aliphatic heterocycles. The molecule has 1 rings (SSSR count). The highest BCUT2D eigenvalue weighted by Gasteiger charge is 2.52. The topological polar surface area (TPSA) is 348 Å². The highest BCUT2D eigenvalue weighted by Crippen LogP contribution is 2.61. The van der Waals surface area contributed by atoms with Crippen LogP contribution in [-0.4, -0.2) is 103 Å². The predicted molar refractivity (Wildman–Crippen MR) is 145 cm³/mol. The van der Waals surface area contributed by atoms with Gasteiger partial charge in [-0.3, -0.25) is 14.4 Å². The normalized spacial score (nSPS) is 14.3. The Balaban J connectivity index is 3.02. The van der Waals surface area contributed by atoms with Crippen LogP contribution in [0.25, 0.3) is 0 Å². The van der Waals surface area contributed by atoms with Crippen LogP contribution < -0.4 is 16.0 Å². The molecule has 0 fully saturated rings. The van der Waals surface area contributed by atoms with Crippen LogP contribution in [0.15, 0.2) is 34.3 Å². The fourth-order valence-electron chi connectivity index (χ4n) is 2.73. The van der Waals surface area contributed by atoms with E-state index in [1.807, 2.05) is 0 Å². The van der Waals surface area contributed by atoms with Gasteiger partial charge in [-0.25, -0.2) is 19.1 Å². The first-order valence-electron chi connectivity index (χ1n) is 10.8. The van der Waals surface area contributed by atoms with Gasteiger partial charge in [0.1, 0.15) is 13.1 Å². The Labute approximate surface area is 232 Å². The van der Waals surface area contributed by atoms with Gasteiger partial charge in [-0.15, -0.1) is 0 Å². The highest BCUT2D eigenvalue weighted by atomic mass is 31.3. The highest BCUT2D eigenvalue weighted by molar-refractivity contribution is 8.00. The zero-order valence-electron chi connectivity index (χ0n) is 20.9. The second-order valence-corrected chi connectivity index (χ2v) is 15.0. The number of nitrogens with zero attached hydrogens (tertiary/aromatic N) is 2. The molecule has 0 aliphatic rings. The monoisotopic (exact) mass is 667 g/mol. The van der Waals surface area contributed by atoms with Gasteiger partial charge in [0.15, 0.2) is 0 Å². The Morgan fingerprint density at radius 2 is 1.12 bits per heavy atom. The number of rotatable bonds is 14. The van der Waals surface area contributed by atoms with Crippen LogP contribution >= 0.6 is 31.1 Å². The third-order valence-corrected chi connectivity index (χ3v) is 10.4. The summed E-state index contributed by atoms with van der Waals surface area (Å²) in [6.45, 7) is -1.55. The van der Waals surface area contributed by atoms with E-state index in [9.17, 15) is 23.5 Å². The van der Waals surface area contributed by atoms with Gasteiger partial charge in [0.25, 0.3) is 0 Å². The van der Waals surface area contributed by atoms with E-state index in [0.717, 1.165) is 5.56 Å². The van der Waals surface area contributed by atoms with Crippen LogP contribution in [0, 0.1) is 12.8 Å². The summed E-state index contributed by atoms with van der Waals surface area (Å²) in [5.74, 6) is -4.26. The fourth-order valence-corrected chi connectivity index (χ4v) is 6.56. The zero-order valence-corrected chi connectivity index (χ0v) is 24.5. The number of aliphatic imine (C=N–C) groups is 2. The van der Waals surface area contributed by atoms with Gasteiger partial charge < -0.3 is 35.5 Å². The largest absolute Gasteiger partial charge is 0.469 e. The van der Waals surface area contributed by atoms with Crippen molar-refractivity contribution < 1.29 is 72.4 Å². The minimum absolute atomic E-state index is 0.318. The quantitative estimate of drug-likeness (QED) is 0.0710. The number of carbonyl (C=O) groups excluding carboxylic acids is 3. The molecular formula is C17H29N5O15P4+2. The van der Waals surface area contributed by atoms with Crippen molar-refractivity contribution in [2.75, 3.05) is 31.5 Å². The van der Waals surface area contributed by atoms with Crippen LogP contribution in [0.4, 0.5) is 5.69 Å². The molecule has 0 unspecified atom stereocenters. The fraction of sp³-hybridized carbons (Fsp3) is 0.353. The molecule has 0 saturated carbocycles. The van der Waals surface area contributed by atoms with Crippen molar-refractivity contribution in [3.05, 3.63) is 29.8 Å². The third-order valence-electron chi connectivity index (χ3n) is 4.57. The second-order valence-electron chi connectivity index (χ2n) is 8.12. The molecule has 1 aromatic carbocycles. The summed E-state index contributed by atoms with van der Waals surface area (Å²) in [5, 5.41) is 3.40. The van der Waals surface area contributed by atoms with Crippen molar-refractivity contribution in [2.45, 2.75) is 6.92 Å². The van der Waals surface area contributed by atoms with Crippen LogP contribution in [0.5, 0.6) is 0 Å². The van der Waals surface area contributed by atoms with E-state index < -0.39 is 91.3 Å². The van der Waals surface area contributed by atoms with Crippen molar-refractivity contribution in [1.29, 1.82) is 0 Å². The summed E-state index contributed by atoms with van der Waals surface area (Å²) in [7, 11) is -21.4. The number of benzene rings is 1. The lowest BCUT2D eigenvalue weighted by molar-refractivity contribution is -0.122. The Hall–Kier alpha value is -2.11. The van der Waals surface area contributed by atoms with Gasteiger partial charge in [-0.05, 0) is 19.1 Å². The first-order valence-corrected chi connectivity index (χ1v) is 17.3. The van der Waals surface area contributed by atoms with Gasteiger partial charge >= 0.3 is 41.5 Å². The van der Waals surface area contributed by atoms with Gasteiger partial charge in [0.05, 0.1) is 5.92 Å². The molecule has 0 radical (unpaired) electrons. The Morgan fingerprint density at radius 1 is 0.756 bits per heavy atom. The number of nitrogens with one attached hydrogen (secondary N) is 3. The van der Waals surface area contributed by atoms with E-state index in [2.05, 4.69) is 25.9 Å². The average Bonchev–Trinajstić information content (AvgIpc) is 2.77. The van der Waals surface area contributed by atoms with E-state index in [-0.39, 0.29) is 0 Å². The van der Waals surface area contributed by atoms with Crippen molar-refractivity contribution in [3.63, 3.8) is 0 Å². The maximum absolute atomic E-state index is 12.8. The number of aryl methyl sites for hydroxylation is 1. The second kappa shape index (κ2) is 14.9. The molecule has 13 N–H and O–H groups in total. The van der Waals surface area contributed by atoms with Gasteiger partial charge in [0, 0.05) is 18.8 Å². The maximum atomic E-state index is 12.8. The first kappa shape index (κ1) is 36.9. The molecule has 3 amide bonds. The SMILES string of the molecule is Cc1ccc(NC(=O)C(CNC(=O)CN=C(P(=O)(O)O)[P+](O)(O)O)CNC(=O)CN=C(P(=O)(O)O)[P+](O)(O)O)cc1. The summed E-state index contributed by atoms with van der Waals surface area (Å²) in [5.41, 5.74) is 1.18. The van der Waals surface area contributed by atoms with Crippen LogP contribution in [0.2, 0.25) is 0 Å². The van der Waals surface area contributed by atoms with E-state index >= 15 is 0 Å². The molecule has 0 aliphatic carbocycles. The van der Waals surface area contributed by atoms with Crippen molar-refractivity contribution >= 4 is 64.9 Å². The minimum Gasteiger partial charge on any atom is -0.354 e. The number of anilines is 1. The van der Waals surface area contributed by atoms with Crippen molar-refractivity contribution in [3.8, 4) is 0 Å². The van der Waals surface area contributed by atoms with Gasteiger partial charge in [0.2, 0.25) is 17.7 Å². The molecular weight excluding hydrogens is 638 g/mol. The molecule has 230 valence electrons. The van der Waals surface area contributed by atoms with Gasteiger partial charge in [-0.1, -0.05) is 17.7 Å². The molecule has 0 heterocycles. The lowest BCUT2D eigenvalue weighted by Crippen LogP contribution is -2.43. The number of hydrogen-bond donors (Lipinski definition) is 13. The van der Waals surface area contributed by atoms with E-state index in [4.69, 9.17) is 48.9 Å². The molecule has 1 aromatic rings. The summed E-state index contributed by atoms with van der Waals surface area (Å²) < 4.78 is 22.6. The van der Waals surface area contributed by atoms with E-state index in [1.165, 1.54) is 0 Å². The number of carbonyl (C=O) groups is 3. The van der Waals surface area contributed by atoms with Crippen molar-refractivity contribution in [2.24, 2.45) is 15.9 Å². The van der Waals surface area contributed by atoms with Crippen molar-refractivity contribution in [1.82, 2.24) is 10.6 Å². The van der Waals surface area contributed by atoms with Crippen LogP contribution in [0.1, 0.15) is 5.56 Å². The number of amides is 3. The first-order chi connectivity index (χ1) is 18.5.